The Kier molecular flexibility index (Phi) is 10.00. The summed E-state index contributed by atoms with van der Waals surface area (Å²) in [5.74, 6) is -0.477. The van der Waals surface area contributed by atoms with E-state index in [1.54, 1.807) is 24.0 Å². The minimum Gasteiger partial charge on any atom is -0.463 e. The van der Waals surface area contributed by atoms with Crippen molar-refractivity contribution in [2.24, 2.45) is 5.92 Å². The molecule has 0 N–H and O–H groups in total. The van der Waals surface area contributed by atoms with Gasteiger partial charge in [0.15, 0.2) is 0 Å². The van der Waals surface area contributed by atoms with Crippen LogP contribution in [0.1, 0.15) is 33.6 Å². The number of nitrogens with zero attached hydrogens (tertiary/aromatic N) is 5. The van der Waals surface area contributed by atoms with E-state index < -0.39 is 12.4 Å². The molecule has 2 aromatic rings. The highest BCUT2D eigenvalue weighted by atomic mass is 35.5. The normalized spacial score (nSPS) is 19.9. The van der Waals surface area contributed by atoms with Crippen molar-refractivity contribution >= 4 is 34.9 Å². The SMILES string of the molecule is CCOC(=O)C1=C(C(F)F)N(C2CCCN(c3cc(Cl)ccc3-c3ccc(N4CCN(C(=O)C(C)C)CC4)cc3)C2)N(C)C1. The molecule has 8 nitrogen and oxygen atoms in total. The average Bonchev–Trinajstić information content (AvgIpc) is 3.38. The number of likely N-dealkylation sites (N-methyl/N-ethyl adjacent to an activating group) is 1. The maximum absolute atomic E-state index is 14.4. The Labute approximate surface area is 263 Å². The topological polar surface area (TPSA) is 59.6 Å². The molecule has 1 amide bonds. The summed E-state index contributed by atoms with van der Waals surface area (Å²) < 4.78 is 33.9. The molecule has 2 fully saturated rings. The molecule has 0 radical (unpaired) electrons. The number of anilines is 2. The van der Waals surface area contributed by atoms with Gasteiger partial charge < -0.3 is 19.4 Å². The lowest BCUT2D eigenvalue weighted by atomic mass is 9.98. The highest BCUT2D eigenvalue weighted by molar-refractivity contribution is 6.31. The number of piperidine rings is 1. The van der Waals surface area contributed by atoms with E-state index in [2.05, 4.69) is 34.1 Å². The Hall–Kier alpha value is -3.37. The molecule has 0 spiro atoms. The van der Waals surface area contributed by atoms with Crippen LogP contribution in [0.25, 0.3) is 11.1 Å². The van der Waals surface area contributed by atoms with Crippen LogP contribution in [0.5, 0.6) is 0 Å². The van der Waals surface area contributed by atoms with Crippen molar-refractivity contribution in [3.05, 3.63) is 58.8 Å². The molecule has 5 rings (SSSR count). The molecule has 11 heteroatoms. The largest absolute Gasteiger partial charge is 0.463 e. The number of amides is 1. The fourth-order valence-corrected chi connectivity index (χ4v) is 6.75. The monoisotopic (exact) mass is 629 g/mol. The smallest absolute Gasteiger partial charge is 0.337 e. The number of carbonyl (C=O) groups excluding carboxylic acids is 2. The standard InChI is InChI=1S/C33H42ClF2N5O3/c1-5-44-33(43)28-21-37(4)41(30(28)31(35)36)26-7-6-14-40(20-26)29-19-24(34)10-13-27(29)23-8-11-25(12-9-23)38-15-17-39(18-16-38)32(42)22(2)3/h8-13,19,22,26,31H,5-7,14-18,20-21H2,1-4H3. The third-order valence-electron chi connectivity index (χ3n) is 8.71. The van der Waals surface area contributed by atoms with Crippen LogP contribution >= 0.6 is 11.6 Å². The number of carbonyl (C=O) groups is 2. The highest BCUT2D eigenvalue weighted by Crippen LogP contribution is 2.38. The van der Waals surface area contributed by atoms with Crippen LogP contribution in [0.3, 0.4) is 0 Å². The summed E-state index contributed by atoms with van der Waals surface area (Å²) in [6.07, 6.45) is -1.28. The lowest BCUT2D eigenvalue weighted by molar-refractivity contribution is -0.138. The summed E-state index contributed by atoms with van der Waals surface area (Å²) in [7, 11) is 1.74. The number of esters is 1. The van der Waals surface area contributed by atoms with Gasteiger partial charge >= 0.3 is 5.97 Å². The fourth-order valence-electron chi connectivity index (χ4n) is 6.59. The third kappa shape index (κ3) is 6.66. The van der Waals surface area contributed by atoms with E-state index >= 15 is 0 Å². The summed E-state index contributed by atoms with van der Waals surface area (Å²) >= 11 is 6.50. The van der Waals surface area contributed by atoms with Gasteiger partial charge in [-0.15, -0.1) is 0 Å². The number of ether oxygens (including phenoxy) is 1. The number of alkyl halides is 2. The lowest BCUT2D eigenvalue weighted by Gasteiger charge is -2.43. The minimum absolute atomic E-state index is 0.00531. The molecule has 3 aliphatic heterocycles. The minimum atomic E-state index is -2.80. The molecule has 0 bridgehead atoms. The van der Waals surface area contributed by atoms with Crippen LogP contribution in [-0.2, 0) is 14.3 Å². The number of benzene rings is 2. The second-order valence-corrected chi connectivity index (χ2v) is 12.4. The zero-order chi connectivity index (χ0) is 31.5. The van der Waals surface area contributed by atoms with Gasteiger partial charge in [-0.2, -0.15) is 0 Å². The van der Waals surface area contributed by atoms with E-state index in [1.807, 2.05) is 36.9 Å². The van der Waals surface area contributed by atoms with E-state index in [4.69, 9.17) is 16.3 Å². The second-order valence-electron chi connectivity index (χ2n) is 12.0. The fraction of sp³-hybridized carbons (Fsp3) is 0.515. The van der Waals surface area contributed by atoms with Crippen LogP contribution in [0.15, 0.2) is 53.7 Å². The number of piperazine rings is 1. The van der Waals surface area contributed by atoms with Crippen LogP contribution in [0.4, 0.5) is 20.2 Å². The van der Waals surface area contributed by atoms with E-state index in [-0.39, 0.29) is 42.3 Å². The van der Waals surface area contributed by atoms with E-state index in [0.29, 0.717) is 31.1 Å². The Morgan fingerprint density at radius 1 is 1.00 bits per heavy atom. The van der Waals surface area contributed by atoms with Crippen molar-refractivity contribution in [2.45, 2.75) is 46.1 Å². The van der Waals surface area contributed by atoms with Crippen molar-refractivity contribution < 1.29 is 23.1 Å². The predicted octanol–water partition coefficient (Wildman–Crippen LogP) is 5.53. The number of hydrazine groups is 1. The molecule has 1 unspecified atom stereocenters. The predicted molar refractivity (Wildman–Crippen MR) is 170 cm³/mol. The Morgan fingerprint density at radius 2 is 1.70 bits per heavy atom. The number of halogens is 3. The molecule has 44 heavy (non-hydrogen) atoms. The Morgan fingerprint density at radius 3 is 2.34 bits per heavy atom. The van der Waals surface area contributed by atoms with Crippen LogP contribution < -0.4 is 9.80 Å². The lowest BCUT2D eigenvalue weighted by Crippen LogP contribution is -2.52. The van der Waals surface area contributed by atoms with Gasteiger partial charge in [-0.3, -0.25) is 9.80 Å². The highest BCUT2D eigenvalue weighted by Gasteiger charge is 2.42. The zero-order valence-electron chi connectivity index (χ0n) is 25.9. The second kappa shape index (κ2) is 13.7. The zero-order valence-corrected chi connectivity index (χ0v) is 26.7. The number of hydrogen-bond donors (Lipinski definition) is 0. The molecule has 1 atom stereocenters. The van der Waals surface area contributed by atoms with Gasteiger partial charge in [-0.25, -0.2) is 18.6 Å². The third-order valence-corrected chi connectivity index (χ3v) is 8.95. The maximum atomic E-state index is 14.4. The quantitative estimate of drug-likeness (QED) is 0.356. The summed E-state index contributed by atoms with van der Waals surface area (Å²) in [6, 6.07) is 14.0. The summed E-state index contributed by atoms with van der Waals surface area (Å²) in [5, 5.41) is 3.92. The first-order valence-corrected chi connectivity index (χ1v) is 15.8. The van der Waals surface area contributed by atoms with Gasteiger partial charge in [-0.05, 0) is 49.6 Å². The van der Waals surface area contributed by atoms with Crippen LogP contribution in [0, 0.1) is 5.92 Å². The molecule has 3 aliphatic rings. The summed E-state index contributed by atoms with van der Waals surface area (Å²) in [4.78, 5) is 31.4. The van der Waals surface area contributed by atoms with Gasteiger partial charge in [0.05, 0.1) is 24.8 Å². The van der Waals surface area contributed by atoms with Gasteiger partial charge in [0.25, 0.3) is 6.43 Å². The average molecular weight is 630 g/mol. The van der Waals surface area contributed by atoms with Crippen molar-refractivity contribution in [3.63, 3.8) is 0 Å². The Bertz CT molecular complexity index is 1380. The molecular weight excluding hydrogens is 588 g/mol. The van der Waals surface area contributed by atoms with E-state index in [0.717, 1.165) is 48.6 Å². The van der Waals surface area contributed by atoms with Gasteiger partial charge in [0.2, 0.25) is 5.91 Å². The molecule has 0 aliphatic carbocycles. The molecule has 2 saturated heterocycles. The van der Waals surface area contributed by atoms with Gasteiger partial charge in [0, 0.05) is 74.2 Å². The first-order valence-electron chi connectivity index (χ1n) is 15.5. The maximum Gasteiger partial charge on any atom is 0.337 e. The molecule has 0 saturated carbocycles. The summed E-state index contributed by atoms with van der Waals surface area (Å²) in [6.45, 7) is 10.0. The Balaban J connectivity index is 1.35. The first-order chi connectivity index (χ1) is 21.1. The van der Waals surface area contributed by atoms with Crippen molar-refractivity contribution in [1.29, 1.82) is 0 Å². The van der Waals surface area contributed by atoms with Crippen molar-refractivity contribution in [2.75, 3.05) is 69.3 Å². The number of allylic oxidation sites excluding steroid dienone is 1. The van der Waals surface area contributed by atoms with Gasteiger partial charge in [-0.1, -0.05) is 43.6 Å². The number of rotatable bonds is 8. The van der Waals surface area contributed by atoms with Gasteiger partial charge in [0.1, 0.15) is 5.70 Å². The molecular formula is C33H42ClF2N5O3. The van der Waals surface area contributed by atoms with E-state index in [1.165, 1.54) is 0 Å². The van der Waals surface area contributed by atoms with E-state index in [9.17, 15) is 18.4 Å². The molecule has 2 aromatic carbocycles. The van der Waals surface area contributed by atoms with Crippen LogP contribution in [0.2, 0.25) is 5.02 Å². The molecule has 238 valence electrons. The molecule has 0 aromatic heterocycles. The summed E-state index contributed by atoms with van der Waals surface area (Å²) in [5.41, 5.74) is 3.88. The molecule has 3 heterocycles. The first kappa shape index (κ1) is 32.0. The van der Waals surface area contributed by atoms with Crippen molar-refractivity contribution in [1.82, 2.24) is 14.9 Å². The van der Waals surface area contributed by atoms with Crippen molar-refractivity contribution in [3.8, 4) is 11.1 Å². The van der Waals surface area contributed by atoms with Crippen LogP contribution in [-0.4, -0.2) is 98.7 Å². The number of hydrogen-bond acceptors (Lipinski definition) is 7.